The molecule has 3 unspecified atom stereocenters. The molecule has 3 atom stereocenters. The van der Waals surface area contributed by atoms with Crippen LogP contribution in [-0.2, 0) is 4.79 Å². The number of carbonyl (C=O) groups is 1. The lowest BCUT2D eigenvalue weighted by Gasteiger charge is -2.21. The van der Waals surface area contributed by atoms with Crippen LogP contribution in [0.4, 0.5) is 0 Å². The number of aliphatic hydroxyl groups is 3. The predicted molar refractivity (Wildman–Crippen MR) is 190 cm³/mol. The number of carbonyl (C=O) groups excluding carboxylic acids is 1. The average Bonchev–Trinajstić information content (AvgIpc) is 3.01. The molecule has 0 aliphatic rings. The number of hydrogen-bond donors (Lipinski definition) is 4. The molecule has 0 rings (SSSR count). The van der Waals surface area contributed by atoms with Gasteiger partial charge in [0.2, 0.25) is 5.91 Å². The molecule has 0 spiro atoms. The zero-order valence-electron chi connectivity index (χ0n) is 29.6. The normalized spacial score (nSPS) is 13.8. The van der Waals surface area contributed by atoms with Crippen LogP contribution in [0.25, 0.3) is 0 Å². The van der Waals surface area contributed by atoms with Crippen molar-refractivity contribution in [1.82, 2.24) is 5.32 Å². The van der Waals surface area contributed by atoms with E-state index in [1.807, 2.05) is 6.08 Å². The Kier molecular flexibility index (Phi) is 34.2. The highest BCUT2D eigenvalue weighted by molar-refractivity contribution is 5.76. The van der Waals surface area contributed by atoms with Gasteiger partial charge in [0.25, 0.3) is 0 Å². The van der Waals surface area contributed by atoms with Gasteiger partial charge < -0.3 is 20.6 Å². The molecule has 0 radical (unpaired) electrons. The summed E-state index contributed by atoms with van der Waals surface area (Å²) in [7, 11) is 0. The van der Waals surface area contributed by atoms with Crippen LogP contribution in [0.15, 0.2) is 12.2 Å². The predicted octanol–water partition coefficient (Wildman–Crippen LogP) is 10.5. The summed E-state index contributed by atoms with van der Waals surface area (Å²) in [6.45, 7) is 4.20. The Morgan fingerprint density at radius 3 is 1.32 bits per heavy atom. The van der Waals surface area contributed by atoms with Gasteiger partial charge in [0.15, 0.2) is 0 Å². The number of nitrogens with one attached hydrogen (secondary N) is 1. The summed E-state index contributed by atoms with van der Waals surface area (Å²) in [5, 5.41) is 33.1. The van der Waals surface area contributed by atoms with E-state index in [4.69, 9.17) is 0 Å². The highest BCUT2D eigenvalue weighted by Crippen LogP contribution is 2.15. The Morgan fingerprint density at radius 2 is 0.932 bits per heavy atom. The molecular formula is C39H77NO4. The van der Waals surface area contributed by atoms with Crippen molar-refractivity contribution in [2.75, 3.05) is 6.61 Å². The highest BCUT2D eigenvalue weighted by Gasteiger charge is 2.20. The second-order valence-corrected chi connectivity index (χ2v) is 13.5. The first-order valence-electron chi connectivity index (χ1n) is 19.5. The lowest BCUT2D eigenvalue weighted by Crippen LogP contribution is -2.45. The third-order valence-electron chi connectivity index (χ3n) is 9.07. The number of aliphatic hydroxyl groups excluding tert-OH is 3. The molecule has 44 heavy (non-hydrogen) atoms. The Hall–Kier alpha value is -0.910. The molecule has 5 nitrogen and oxygen atoms in total. The summed E-state index contributed by atoms with van der Waals surface area (Å²) < 4.78 is 0. The fourth-order valence-electron chi connectivity index (χ4n) is 6.05. The molecule has 0 saturated heterocycles. The van der Waals surface area contributed by atoms with Gasteiger partial charge in [-0.05, 0) is 19.3 Å². The first-order valence-corrected chi connectivity index (χ1v) is 19.5. The van der Waals surface area contributed by atoms with Crippen molar-refractivity contribution in [2.24, 2.45) is 0 Å². The molecule has 262 valence electrons. The second-order valence-electron chi connectivity index (χ2n) is 13.5. The van der Waals surface area contributed by atoms with E-state index >= 15 is 0 Å². The minimum absolute atomic E-state index is 0.0179. The Labute approximate surface area is 274 Å². The van der Waals surface area contributed by atoms with Crippen LogP contribution in [0.2, 0.25) is 0 Å². The van der Waals surface area contributed by atoms with E-state index < -0.39 is 18.2 Å². The molecule has 1 amide bonds. The van der Waals surface area contributed by atoms with Crippen molar-refractivity contribution in [2.45, 2.75) is 225 Å². The molecule has 0 saturated carbocycles. The number of unbranched alkanes of at least 4 members (excludes halogenated alkanes) is 26. The Bertz CT molecular complexity index is 611. The van der Waals surface area contributed by atoms with E-state index in [9.17, 15) is 20.1 Å². The fourth-order valence-corrected chi connectivity index (χ4v) is 6.05. The van der Waals surface area contributed by atoms with Crippen LogP contribution < -0.4 is 5.32 Å². The van der Waals surface area contributed by atoms with Crippen molar-refractivity contribution in [1.29, 1.82) is 0 Å². The SMILES string of the molecule is CCCCCCCCCCCCCCCCC/C=C/C(O)C(CO)NC(=O)CC(O)CCCCCCCCCCCCCC. The average molecular weight is 624 g/mol. The molecule has 0 fully saturated rings. The van der Waals surface area contributed by atoms with Crippen molar-refractivity contribution in [3.63, 3.8) is 0 Å². The summed E-state index contributed by atoms with van der Waals surface area (Å²) >= 11 is 0. The molecule has 4 N–H and O–H groups in total. The molecule has 5 heteroatoms. The molecule has 0 aliphatic carbocycles. The maximum absolute atomic E-state index is 12.4. The Morgan fingerprint density at radius 1 is 0.568 bits per heavy atom. The van der Waals surface area contributed by atoms with Crippen LogP contribution in [0.5, 0.6) is 0 Å². The summed E-state index contributed by atoms with van der Waals surface area (Å²) in [6.07, 6.45) is 39.1. The summed E-state index contributed by atoms with van der Waals surface area (Å²) in [6, 6.07) is -0.737. The van der Waals surface area contributed by atoms with Gasteiger partial charge in [0.1, 0.15) is 0 Å². The van der Waals surface area contributed by atoms with Gasteiger partial charge in [-0.15, -0.1) is 0 Å². The van der Waals surface area contributed by atoms with Crippen molar-refractivity contribution in [3.8, 4) is 0 Å². The van der Waals surface area contributed by atoms with E-state index in [0.717, 1.165) is 25.7 Å². The van der Waals surface area contributed by atoms with Crippen LogP contribution in [0.3, 0.4) is 0 Å². The molecule has 0 aromatic rings. The zero-order chi connectivity index (χ0) is 32.4. The first-order chi connectivity index (χ1) is 21.5. The van der Waals surface area contributed by atoms with Gasteiger partial charge in [-0.2, -0.15) is 0 Å². The van der Waals surface area contributed by atoms with Crippen LogP contribution >= 0.6 is 0 Å². The van der Waals surface area contributed by atoms with Crippen molar-refractivity contribution >= 4 is 5.91 Å². The number of rotatable bonds is 35. The molecule has 0 aliphatic heterocycles. The maximum Gasteiger partial charge on any atom is 0.222 e. The first kappa shape index (κ1) is 43.1. The van der Waals surface area contributed by atoms with Crippen LogP contribution in [0.1, 0.15) is 206 Å². The lowest BCUT2D eigenvalue weighted by atomic mass is 10.0. The van der Waals surface area contributed by atoms with Gasteiger partial charge in [0.05, 0.1) is 31.3 Å². The van der Waals surface area contributed by atoms with Crippen LogP contribution in [0, 0.1) is 0 Å². The fraction of sp³-hybridized carbons (Fsp3) is 0.923. The van der Waals surface area contributed by atoms with Gasteiger partial charge in [-0.25, -0.2) is 0 Å². The second kappa shape index (κ2) is 35.0. The summed E-state index contributed by atoms with van der Waals surface area (Å²) in [5.74, 6) is -0.314. The molecule has 0 heterocycles. The summed E-state index contributed by atoms with van der Waals surface area (Å²) in [5.41, 5.74) is 0. The van der Waals surface area contributed by atoms with E-state index in [-0.39, 0.29) is 18.9 Å². The van der Waals surface area contributed by atoms with Gasteiger partial charge in [0, 0.05) is 0 Å². The molecule has 0 aromatic carbocycles. The third-order valence-corrected chi connectivity index (χ3v) is 9.07. The van der Waals surface area contributed by atoms with Crippen molar-refractivity contribution in [3.05, 3.63) is 12.2 Å². The number of allylic oxidation sites excluding steroid dienone is 1. The maximum atomic E-state index is 12.4. The van der Waals surface area contributed by atoms with Gasteiger partial charge >= 0.3 is 0 Å². The zero-order valence-corrected chi connectivity index (χ0v) is 29.6. The highest BCUT2D eigenvalue weighted by atomic mass is 16.3. The van der Waals surface area contributed by atoms with E-state index in [1.54, 1.807) is 6.08 Å². The lowest BCUT2D eigenvalue weighted by molar-refractivity contribution is -0.124. The third kappa shape index (κ3) is 31.1. The minimum Gasteiger partial charge on any atom is -0.394 e. The standard InChI is InChI=1S/C39H77NO4/c1-3-5-7-9-11-13-15-17-18-19-20-21-23-25-27-29-31-33-38(43)37(35-41)40-39(44)34-36(42)32-30-28-26-24-22-16-14-12-10-8-6-4-2/h31,33,36-38,41-43H,3-30,32,34-35H2,1-2H3,(H,40,44)/b33-31+. The monoisotopic (exact) mass is 624 g/mol. The quantitative estimate of drug-likeness (QED) is 0.0418. The number of hydrogen-bond acceptors (Lipinski definition) is 4. The number of amides is 1. The molecular weight excluding hydrogens is 546 g/mol. The molecule has 0 aromatic heterocycles. The topological polar surface area (TPSA) is 89.8 Å². The summed E-state index contributed by atoms with van der Waals surface area (Å²) in [4.78, 5) is 12.4. The minimum atomic E-state index is -0.922. The van der Waals surface area contributed by atoms with E-state index in [0.29, 0.717) is 6.42 Å². The smallest absolute Gasteiger partial charge is 0.222 e. The van der Waals surface area contributed by atoms with Gasteiger partial charge in [-0.1, -0.05) is 193 Å². The Balaban J connectivity index is 3.69. The van der Waals surface area contributed by atoms with E-state index in [2.05, 4.69) is 19.2 Å². The molecule has 0 bridgehead atoms. The van der Waals surface area contributed by atoms with Gasteiger partial charge in [-0.3, -0.25) is 4.79 Å². The van der Waals surface area contributed by atoms with Crippen LogP contribution in [-0.4, -0.2) is 46.1 Å². The van der Waals surface area contributed by atoms with Crippen molar-refractivity contribution < 1.29 is 20.1 Å². The van der Waals surface area contributed by atoms with E-state index in [1.165, 1.54) is 154 Å². The largest absolute Gasteiger partial charge is 0.394 e.